The molecular weight excluding hydrogens is 316 g/mol. The molecule has 25 heavy (non-hydrogen) atoms. The molecule has 0 aliphatic carbocycles. The molecule has 0 saturated heterocycles. The van der Waals surface area contributed by atoms with Crippen molar-refractivity contribution < 1.29 is 14.3 Å². The Hall–Kier alpha value is -2.82. The van der Waals surface area contributed by atoms with Gasteiger partial charge in [-0.2, -0.15) is 0 Å². The maximum absolute atomic E-state index is 12.7. The fraction of sp³-hybridized carbons (Fsp3) is 0.300. The molecule has 2 aromatic rings. The minimum atomic E-state index is -0.634. The predicted molar refractivity (Wildman–Crippen MR) is 96.6 cm³/mol. The fourth-order valence-corrected chi connectivity index (χ4v) is 2.62. The Balaban J connectivity index is 2.16. The van der Waals surface area contributed by atoms with Crippen LogP contribution in [0.1, 0.15) is 31.4 Å². The first-order valence-corrected chi connectivity index (χ1v) is 8.23. The van der Waals surface area contributed by atoms with Crippen LogP contribution in [0.25, 0.3) is 0 Å². The summed E-state index contributed by atoms with van der Waals surface area (Å²) in [5.74, 6) is -0.454. The minimum absolute atomic E-state index is 0.0801. The van der Waals surface area contributed by atoms with Crippen LogP contribution >= 0.6 is 0 Å². The van der Waals surface area contributed by atoms with E-state index >= 15 is 0 Å². The Morgan fingerprint density at radius 1 is 1.00 bits per heavy atom. The molecule has 0 radical (unpaired) electrons. The molecule has 0 unspecified atom stereocenters. The average molecular weight is 340 g/mol. The smallest absolute Gasteiger partial charge is 0.410 e. The van der Waals surface area contributed by atoms with Crippen molar-refractivity contribution in [1.29, 1.82) is 0 Å². The lowest BCUT2D eigenvalue weighted by Gasteiger charge is -2.38. The first-order chi connectivity index (χ1) is 11.9. The Morgan fingerprint density at radius 3 is 2.12 bits per heavy atom. The van der Waals surface area contributed by atoms with Crippen molar-refractivity contribution >= 4 is 12.0 Å². The zero-order valence-corrected chi connectivity index (χ0v) is 14.6. The number of hydrogen-bond acceptors (Lipinski definition) is 3. The number of carbonyl (C=O) groups is 2. The molecule has 0 saturated carbocycles. The summed E-state index contributed by atoms with van der Waals surface area (Å²) in [5.41, 5.74) is 6.50. The number of amides is 2. The summed E-state index contributed by atoms with van der Waals surface area (Å²) in [7, 11) is 0. The first kappa shape index (κ1) is 18.5. The molecule has 0 aromatic heterocycles. The van der Waals surface area contributed by atoms with Crippen LogP contribution in [0, 0.1) is 0 Å². The van der Waals surface area contributed by atoms with E-state index < -0.39 is 17.5 Å². The second-order valence-electron chi connectivity index (χ2n) is 6.33. The van der Waals surface area contributed by atoms with Gasteiger partial charge in [-0.05, 0) is 25.0 Å². The van der Waals surface area contributed by atoms with Gasteiger partial charge in [-0.25, -0.2) is 4.79 Å². The first-order valence-electron chi connectivity index (χ1n) is 8.23. The van der Waals surface area contributed by atoms with Gasteiger partial charge in [0.05, 0.1) is 5.54 Å². The van der Waals surface area contributed by atoms with Gasteiger partial charge in [0.2, 0.25) is 5.91 Å². The van der Waals surface area contributed by atoms with Crippen LogP contribution in [-0.2, 0) is 21.7 Å². The lowest BCUT2D eigenvalue weighted by molar-refractivity contribution is -0.118. The lowest BCUT2D eigenvalue weighted by atomic mass is 9.92. The Bertz CT molecular complexity index is 699. The standard InChI is InChI=1S/C20H24N2O3/c1-20(2,17-11-7-4-8-12-17)22(14-13-18(21)23)19(24)25-15-16-9-5-3-6-10-16/h3-12H,13-15H2,1-2H3,(H2,21,23). The summed E-state index contributed by atoms with van der Waals surface area (Å²) in [6.45, 7) is 4.22. The molecule has 0 aliphatic rings. The number of hydrogen-bond donors (Lipinski definition) is 1. The molecule has 0 heterocycles. The number of rotatable bonds is 7. The van der Waals surface area contributed by atoms with E-state index in [1.54, 1.807) is 4.90 Å². The number of carbonyl (C=O) groups excluding carboxylic acids is 2. The van der Waals surface area contributed by atoms with Gasteiger partial charge in [0.1, 0.15) is 6.61 Å². The number of nitrogens with zero attached hydrogens (tertiary/aromatic N) is 1. The second kappa shape index (κ2) is 8.33. The quantitative estimate of drug-likeness (QED) is 0.839. The van der Waals surface area contributed by atoms with Gasteiger partial charge in [0.15, 0.2) is 0 Å². The molecule has 2 amide bonds. The van der Waals surface area contributed by atoms with Crippen molar-refractivity contribution in [3.05, 3.63) is 71.8 Å². The Labute approximate surface area is 148 Å². The normalized spacial score (nSPS) is 11.0. The van der Waals surface area contributed by atoms with Crippen LogP contribution in [0.5, 0.6) is 0 Å². The summed E-state index contributed by atoms with van der Waals surface area (Å²) in [6.07, 6.45) is -0.393. The molecule has 5 nitrogen and oxygen atoms in total. The van der Waals surface area contributed by atoms with Gasteiger partial charge in [-0.3, -0.25) is 9.69 Å². The monoisotopic (exact) mass is 340 g/mol. The van der Waals surface area contributed by atoms with Crippen molar-refractivity contribution in [3.8, 4) is 0 Å². The SMILES string of the molecule is CC(C)(c1ccccc1)N(CCC(N)=O)C(=O)OCc1ccccc1. The maximum atomic E-state index is 12.7. The van der Waals surface area contributed by atoms with E-state index in [0.717, 1.165) is 11.1 Å². The van der Waals surface area contributed by atoms with Gasteiger partial charge in [-0.1, -0.05) is 60.7 Å². The highest BCUT2D eigenvalue weighted by Crippen LogP contribution is 2.28. The molecular formula is C20H24N2O3. The van der Waals surface area contributed by atoms with Gasteiger partial charge in [0.25, 0.3) is 0 Å². The topological polar surface area (TPSA) is 72.6 Å². The van der Waals surface area contributed by atoms with E-state index in [2.05, 4.69) is 0 Å². The summed E-state index contributed by atoms with van der Waals surface area (Å²) in [6, 6.07) is 19.1. The molecule has 132 valence electrons. The van der Waals surface area contributed by atoms with Gasteiger partial charge in [0, 0.05) is 13.0 Å². The molecule has 0 spiro atoms. The van der Waals surface area contributed by atoms with Crippen LogP contribution in [0.4, 0.5) is 4.79 Å². The lowest BCUT2D eigenvalue weighted by Crippen LogP contribution is -2.47. The van der Waals surface area contributed by atoms with Crippen molar-refractivity contribution in [2.24, 2.45) is 5.73 Å². The van der Waals surface area contributed by atoms with Crippen molar-refractivity contribution in [2.75, 3.05) is 6.54 Å². The summed E-state index contributed by atoms with van der Waals surface area (Å²) >= 11 is 0. The Morgan fingerprint density at radius 2 is 1.56 bits per heavy atom. The molecule has 2 rings (SSSR count). The van der Waals surface area contributed by atoms with Crippen LogP contribution in [0.3, 0.4) is 0 Å². The van der Waals surface area contributed by atoms with E-state index in [0.29, 0.717) is 0 Å². The van der Waals surface area contributed by atoms with Crippen LogP contribution < -0.4 is 5.73 Å². The molecule has 0 aliphatic heterocycles. The average Bonchev–Trinajstić information content (AvgIpc) is 2.61. The third-order valence-electron chi connectivity index (χ3n) is 4.16. The fourth-order valence-electron chi connectivity index (χ4n) is 2.62. The zero-order valence-electron chi connectivity index (χ0n) is 14.6. The molecule has 2 aromatic carbocycles. The van der Waals surface area contributed by atoms with E-state index in [4.69, 9.17) is 10.5 Å². The molecule has 5 heteroatoms. The van der Waals surface area contributed by atoms with Crippen LogP contribution in [0.2, 0.25) is 0 Å². The minimum Gasteiger partial charge on any atom is -0.445 e. The van der Waals surface area contributed by atoms with Crippen molar-refractivity contribution in [1.82, 2.24) is 4.90 Å². The van der Waals surface area contributed by atoms with E-state index in [1.165, 1.54) is 0 Å². The molecule has 2 N–H and O–H groups in total. The summed E-state index contributed by atoms with van der Waals surface area (Å²) in [4.78, 5) is 25.5. The van der Waals surface area contributed by atoms with E-state index in [1.807, 2.05) is 74.5 Å². The summed E-state index contributed by atoms with van der Waals surface area (Å²) in [5, 5.41) is 0. The number of benzene rings is 2. The highest BCUT2D eigenvalue weighted by molar-refractivity contribution is 5.75. The molecule has 0 atom stereocenters. The van der Waals surface area contributed by atoms with Gasteiger partial charge in [-0.15, -0.1) is 0 Å². The van der Waals surface area contributed by atoms with E-state index in [9.17, 15) is 9.59 Å². The number of primary amides is 1. The molecule has 0 fully saturated rings. The Kier molecular flexibility index (Phi) is 6.17. The second-order valence-corrected chi connectivity index (χ2v) is 6.33. The number of nitrogens with two attached hydrogens (primary N) is 1. The highest BCUT2D eigenvalue weighted by atomic mass is 16.6. The van der Waals surface area contributed by atoms with Crippen molar-refractivity contribution in [3.63, 3.8) is 0 Å². The van der Waals surface area contributed by atoms with Crippen LogP contribution in [-0.4, -0.2) is 23.4 Å². The van der Waals surface area contributed by atoms with E-state index in [-0.39, 0.29) is 19.6 Å². The predicted octanol–water partition coefficient (Wildman–Crippen LogP) is 3.44. The number of ether oxygens (including phenoxy) is 1. The zero-order chi connectivity index (χ0) is 18.3. The third kappa shape index (κ3) is 5.08. The maximum Gasteiger partial charge on any atom is 0.410 e. The summed E-state index contributed by atoms with van der Waals surface area (Å²) < 4.78 is 5.47. The highest BCUT2D eigenvalue weighted by Gasteiger charge is 2.33. The van der Waals surface area contributed by atoms with Crippen LogP contribution in [0.15, 0.2) is 60.7 Å². The van der Waals surface area contributed by atoms with Gasteiger partial charge < -0.3 is 10.5 Å². The third-order valence-corrected chi connectivity index (χ3v) is 4.16. The van der Waals surface area contributed by atoms with Gasteiger partial charge >= 0.3 is 6.09 Å². The largest absolute Gasteiger partial charge is 0.445 e. The molecule has 0 bridgehead atoms. The van der Waals surface area contributed by atoms with Crippen molar-refractivity contribution in [2.45, 2.75) is 32.4 Å².